The molecule has 4 N–H and O–H groups in total. The van der Waals surface area contributed by atoms with Crippen LogP contribution in [0.4, 0.5) is 0 Å². The maximum atomic E-state index is 11.3. The maximum Gasteiger partial charge on any atom is 0.475 e. The Kier molecular flexibility index (Phi) is 8.24. The van der Waals surface area contributed by atoms with Crippen LogP contribution in [-0.2, 0) is 4.79 Å². The van der Waals surface area contributed by atoms with Crippen LogP contribution < -0.4 is 10.6 Å². The van der Waals surface area contributed by atoms with Gasteiger partial charge in [-0.05, 0) is 19.4 Å². The van der Waals surface area contributed by atoms with Gasteiger partial charge in [-0.15, -0.1) is 0 Å². The molecule has 0 aliphatic carbocycles. The Morgan fingerprint density at radius 1 is 1.44 bits per heavy atom. The molecule has 0 rings (SSSR count). The number of carbonyl (C=O) groups excluding carboxylic acids is 1. The number of hydrogen-bond donors (Lipinski definition) is 4. The summed E-state index contributed by atoms with van der Waals surface area (Å²) < 4.78 is 0. The summed E-state index contributed by atoms with van der Waals surface area (Å²) in [6, 6.07) is 0. The molecule has 6 heteroatoms. The molecule has 2 unspecified atom stereocenters. The fraction of sp³-hybridized carbons (Fsp3) is 0.900. The lowest BCUT2D eigenvalue weighted by molar-refractivity contribution is -0.120. The van der Waals surface area contributed by atoms with E-state index in [1.165, 1.54) is 0 Å². The average Bonchev–Trinajstić information content (AvgIpc) is 2.17. The van der Waals surface area contributed by atoms with E-state index in [-0.39, 0.29) is 12.5 Å². The molecule has 2 atom stereocenters. The Hall–Kier alpha value is -0.585. The highest BCUT2D eigenvalue weighted by Gasteiger charge is 2.26. The zero-order valence-corrected chi connectivity index (χ0v) is 10.4. The molecule has 0 aromatic carbocycles. The molecule has 16 heavy (non-hydrogen) atoms. The second-order valence-corrected chi connectivity index (χ2v) is 4.25. The predicted octanol–water partition coefficient (Wildman–Crippen LogP) is -0.471. The van der Waals surface area contributed by atoms with Gasteiger partial charge in [-0.2, -0.15) is 0 Å². The summed E-state index contributed by atoms with van der Waals surface area (Å²) in [5.41, 5.74) is 0. The Bertz CT molecular complexity index is 203. The van der Waals surface area contributed by atoms with Crippen molar-refractivity contribution in [3.05, 3.63) is 0 Å². The standard InChI is InChI=1S/C10H23BN2O3/c1-4-5-8(2)6-9(11(15)16)13-10(14)7-12-3/h8-9,12,15-16H,4-7H2,1-3H3,(H,13,14). The second-order valence-electron chi connectivity index (χ2n) is 4.25. The first kappa shape index (κ1) is 15.4. The smallest absolute Gasteiger partial charge is 0.426 e. The molecular formula is C10H23BN2O3. The average molecular weight is 230 g/mol. The Morgan fingerprint density at radius 3 is 2.50 bits per heavy atom. The van der Waals surface area contributed by atoms with Crippen LogP contribution in [0.2, 0.25) is 0 Å². The van der Waals surface area contributed by atoms with Crippen molar-refractivity contribution in [2.24, 2.45) is 5.92 Å². The largest absolute Gasteiger partial charge is 0.475 e. The van der Waals surface area contributed by atoms with Gasteiger partial charge < -0.3 is 20.7 Å². The van der Waals surface area contributed by atoms with Crippen LogP contribution in [0, 0.1) is 5.92 Å². The minimum atomic E-state index is -1.50. The van der Waals surface area contributed by atoms with Gasteiger partial charge >= 0.3 is 7.12 Å². The van der Waals surface area contributed by atoms with Crippen molar-refractivity contribution in [2.75, 3.05) is 13.6 Å². The Morgan fingerprint density at radius 2 is 2.06 bits per heavy atom. The monoisotopic (exact) mass is 230 g/mol. The molecule has 0 aliphatic rings. The van der Waals surface area contributed by atoms with Crippen molar-refractivity contribution in [1.29, 1.82) is 0 Å². The minimum Gasteiger partial charge on any atom is -0.426 e. The van der Waals surface area contributed by atoms with Gasteiger partial charge in [0.2, 0.25) is 5.91 Å². The van der Waals surface area contributed by atoms with Crippen LogP contribution in [0.25, 0.3) is 0 Å². The van der Waals surface area contributed by atoms with E-state index in [0.29, 0.717) is 12.3 Å². The zero-order valence-electron chi connectivity index (χ0n) is 10.4. The third kappa shape index (κ3) is 6.82. The van der Waals surface area contributed by atoms with Crippen molar-refractivity contribution < 1.29 is 14.8 Å². The number of nitrogens with one attached hydrogen (secondary N) is 2. The molecule has 0 aliphatic heterocycles. The quantitative estimate of drug-likeness (QED) is 0.425. The van der Waals surface area contributed by atoms with Crippen LogP contribution in [0.15, 0.2) is 0 Å². The number of likely N-dealkylation sites (N-methyl/N-ethyl adjacent to an activating group) is 1. The number of amides is 1. The number of rotatable bonds is 8. The molecule has 0 fully saturated rings. The van der Waals surface area contributed by atoms with Crippen LogP contribution in [0.1, 0.15) is 33.1 Å². The zero-order chi connectivity index (χ0) is 12.6. The van der Waals surface area contributed by atoms with Crippen molar-refractivity contribution in [3.63, 3.8) is 0 Å². The van der Waals surface area contributed by atoms with Crippen LogP contribution >= 0.6 is 0 Å². The lowest BCUT2D eigenvalue weighted by Gasteiger charge is -2.21. The van der Waals surface area contributed by atoms with Crippen molar-refractivity contribution in [3.8, 4) is 0 Å². The normalized spacial score (nSPS) is 14.3. The van der Waals surface area contributed by atoms with E-state index in [2.05, 4.69) is 17.6 Å². The van der Waals surface area contributed by atoms with E-state index in [1.54, 1.807) is 7.05 Å². The van der Waals surface area contributed by atoms with Gasteiger partial charge in [0.25, 0.3) is 0 Å². The number of carbonyl (C=O) groups is 1. The van der Waals surface area contributed by atoms with Gasteiger partial charge in [0.1, 0.15) is 0 Å². The first-order chi connectivity index (χ1) is 7.51. The van der Waals surface area contributed by atoms with Crippen LogP contribution in [-0.4, -0.2) is 42.6 Å². The van der Waals surface area contributed by atoms with E-state index in [4.69, 9.17) is 10.0 Å². The number of hydrogen-bond acceptors (Lipinski definition) is 4. The Balaban J connectivity index is 4.11. The Labute approximate surface area is 97.8 Å². The first-order valence-electron chi connectivity index (χ1n) is 5.81. The molecule has 0 saturated heterocycles. The topological polar surface area (TPSA) is 81.6 Å². The summed E-state index contributed by atoms with van der Waals surface area (Å²) in [5.74, 6) is -0.432. The summed E-state index contributed by atoms with van der Waals surface area (Å²) in [6.45, 7) is 4.31. The van der Waals surface area contributed by atoms with E-state index < -0.39 is 13.1 Å². The van der Waals surface area contributed by atoms with Gasteiger partial charge in [0, 0.05) is 0 Å². The third-order valence-electron chi connectivity index (χ3n) is 2.48. The predicted molar refractivity (Wildman–Crippen MR) is 64.7 cm³/mol. The molecule has 5 nitrogen and oxygen atoms in total. The molecule has 0 spiro atoms. The lowest BCUT2D eigenvalue weighted by atomic mass is 9.74. The summed E-state index contributed by atoms with van der Waals surface area (Å²) in [6.07, 6.45) is 2.66. The molecule has 0 bridgehead atoms. The fourth-order valence-corrected chi connectivity index (χ4v) is 1.72. The van der Waals surface area contributed by atoms with Gasteiger partial charge in [0.15, 0.2) is 0 Å². The molecule has 0 saturated carbocycles. The molecule has 0 heterocycles. The lowest BCUT2D eigenvalue weighted by Crippen LogP contribution is -2.49. The molecule has 1 amide bonds. The molecule has 0 aromatic rings. The third-order valence-corrected chi connectivity index (χ3v) is 2.48. The first-order valence-corrected chi connectivity index (χ1v) is 5.81. The van der Waals surface area contributed by atoms with Crippen molar-refractivity contribution in [2.45, 2.75) is 39.1 Å². The summed E-state index contributed by atoms with van der Waals surface area (Å²) >= 11 is 0. The summed E-state index contributed by atoms with van der Waals surface area (Å²) in [4.78, 5) is 11.3. The van der Waals surface area contributed by atoms with E-state index in [0.717, 1.165) is 12.8 Å². The highest BCUT2D eigenvalue weighted by atomic mass is 16.4. The maximum absolute atomic E-state index is 11.3. The van der Waals surface area contributed by atoms with E-state index in [9.17, 15) is 4.79 Å². The summed E-state index contributed by atoms with van der Waals surface area (Å²) in [7, 11) is 0.170. The molecule has 0 aromatic heterocycles. The molecule has 94 valence electrons. The molecular weight excluding hydrogens is 207 g/mol. The van der Waals surface area contributed by atoms with Crippen molar-refractivity contribution in [1.82, 2.24) is 10.6 Å². The van der Waals surface area contributed by atoms with E-state index >= 15 is 0 Å². The van der Waals surface area contributed by atoms with Gasteiger partial charge in [-0.3, -0.25) is 4.79 Å². The SMILES string of the molecule is CCCC(C)CC(NC(=O)CNC)B(O)O. The van der Waals surface area contributed by atoms with Gasteiger partial charge in [-0.1, -0.05) is 26.7 Å². The minimum absolute atomic E-state index is 0.186. The van der Waals surface area contributed by atoms with Crippen LogP contribution in [0.3, 0.4) is 0 Å². The fourth-order valence-electron chi connectivity index (χ4n) is 1.72. The summed E-state index contributed by atoms with van der Waals surface area (Å²) in [5, 5.41) is 23.7. The van der Waals surface area contributed by atoms with Gasteiger partial charge in [-0.25, -0.2) is 0 Å². The molecule has 0 radical (unpaired) electrons. The van der Waals surface area contributed by atoms with Crippen molar-refractivity contribution >= 4 is 13.0 Å². The van der Waals surface area contributed by atoms with Crippen LogP contribution in [0.5, 0.6) is 0 Å². The highest BCUT2D eigenvalue weighted by Crippen LogP contribution is 2.13. The van der Waals surface area contributed by atoms with Gasteiger partial charge in [0.05, 0.1) is 12.5 Å². The second kappa shape index (κ2) is 8.55. The highest BCUT2D eigenvalue weighted by molar-refractivity contribution is 6.43. The van der Waals surface area contributed by atoms with E-state index in [1.807, 2.05) is 6.92 Å².